The van der Waals surface area contributed by atoms with Crippen molar-refractivity contribution in [2.45, 2.75) is 26.7 Å². The van der Waals surface area contributed by atoms with Gasteiger partial charge in [0.2, 0.25) is 0 Å². The van der Waals surface area contributed by atoms with E-state index in [0.29, 0.717) is 13.0 Å². The van der Waals surface area contributed by atoms with Crippen LogP contribution in [0.2, 0.25) is 0 Å². The van der Waals surface area contributed by atoms with E-state index in [0.717, 1.165) is 22.6 Å². The van der Waals surface area contributed by atoms with Gasteiger partial charge in [0.25, 0.3) is 0 Å². The number of anilines is 1. The second kappa shape index (κ2) is 6.13. The highest BCUT2D eigenvalue weighted by molar-refractivity contribution is 5.67. The van der Waals surface area contributed by atoms with E-state index in [9.17, 15) is 4.79 Å². The van der Waals surface area contributed by atoms with Crippen LogP contribution in [0.3, 0.4) is 0 Å². The highest BCUT2D eigenvalue weighted by Gasteiger charge is 2.07. The molecule has 0 bridgehead atoms. The molecule has 0 amide bonds. The molecule has 1 aromatic rings. The topological polar surface area (TPSA) is 58.6 Å². The zero-order chi connectivity index (χ0) is 12.8. The van der Waals surface area contributed by atoms with Gasteiger partial charge in [-0.15, -0.1) is 0 Å². The number of aryl methyl sites for hydroxylation is 2. The van der Waals surface area contributed by atoms with E-state index >= 15 is 0 Å². The van der Waals surface area contributed by atoms with E-state index < -0.39 is 5.97 Å². The first-order valence-corrected chi connectivity index (χ1v) is 5.65. The molecule has 0 fully saturated rings. The molecule has 4 nitrogen and oxygen atoms in total. The number of carboxylic acids is 1. The first kappa shape index (κ1) is 13.4. The minimum Gasteiger partial charge on any atom is -0.494 e. The van der Waals surface area contributed by atoms with Gasteiger partial charge in [-0.25, -0.2) is 0 Å². The van der Waals surface area contributed by atoms with Crippen LogP contribution in [0.25, 0.3) is 0 Å². The Balaban J connectivity index is 2.66. The lowest BCUT2D eigenvalue weighted by Gasteiger charge is -2.14. The molecule has 0 spiro atoms. The minimum absolute atomic E-state index is 0.181. The molecule has 0 atom stereocenters. The van der Waals surface area contributed by atoms with Gasteiger partial charge >= 0.3 is 5.97 Å². The van der Waals surface area contributed by atoms with Crippen molar-refractivity contribution in [2.24, 2.45) is 0 Å². The predicted molar refractivity (Wildman–Crippen MR) is 67.8 cm³/mol. The largest absolute Gasteiger partial charge is 0.494 e. The van der Waals surface area contributed by atoms with Crippen LogP contribution in [-0.2, 0) is 4.79 Å². The molecule has 0 aliphatic rings. The highest BCUT2D eigenvalue weighted by atomic mass is 16.5. The normalized spacial score (nSPS) is 10.1. The molecule has 0 radical (unpaired) electrons. The van der Waals surface area contributed by atoms with E-state index in [1.807, 2.05) is 19.9 Å². The second-order valence-electron chi connectivity index (χ2n) is 4.09. The minimum atomic E-state index is -0.765. The summed E-state index contributed by atoms with van der Waals surface area (Å²) in [6.07, 6.45) is 0.783. The Morgan fingerprint density at radius 2 is 2.12 bits per heavy atom. The molecule has 94 valence electrons. The smallest absolute Gasteiger partial charge is 0.303 e. The molecule has 2 N–H and O–H groups in total. The fourth-order valence-electron chi connectivity index (χ4n) is 1.82. The fourth-order valence-corrected chi connectivity index (χ4v) is 1.82. The zero-order valence-corrected chi connectivity index (χ0v) is 10.5. The quantitative estimate of drug-likeness (QED) is 0.747. The molecule has 0 saturated carbocycles. The van der Waals surface area contributed by atoms with Crippen molar-refractivity contribution >= 4 is 11.7 Å². The van der Waals surface area contributed by atoms with Crippen molar-refractivity contribution < 1.29 is 14.6 Å². The van der Waals surface area contributed by atoms with Crippen LogP contribution in [0.1, 0.15) is 24.0 Å². The molecule has 0 unspecified atom stereocenters. The van der Waals surface area contributed by atoms with Gasteiger partial charge in [-0.1, -0.05) is 6.07 Å². The molecule has 0 aliphatic carbocycles. The summed E-state index contributed by atoms with van der Waals surface area (Å²) >= 11 is 0. The van der Waals surface area contributed by atoms with Gasteiger partial charge in [-0.05, 0) is 37.5 Å². The van der Waals surface area contributed by atoms with Gasteiger partial charge in [0.15, 0.2) is 0 Å². The highest BCUT2D eigenvalue weighted by Crippen LogP contribution is 2.29. The van der Waals surface area contributed by atoms with Crippen LogP contribution in [0.5, 0.6) is 5.75 Å². The number of ether oxygens (including phenoxy) is 1. The third kappa shape index (κ3) is 3.98. The molecule has 0 heterocycles. The molecular weight excluding hydrogens is 218 g/mol. The monoisotopic (exact) mass is 237 g/mol. The van der Waals surface area contributed by atoms with Crippen LogP contribution < -0.4 is 10.1 Å². The van der Waals surface area contributed by atoms with Crippen molar-refractivity contribution in [1.29, 1.82) is 0 Å². The average molecular weight is 237 g/mol. The van der Waals surface area contributed by atoms with Gasteiger partial charge in [-0.2, -0.15) is 0 Å². The van der Waals surface area contributed by atoms with E-state index in [1.165, 1.54) is 0 Å². The van der Waals surface area contributed by atoms with Crippen LogP contribution in [0, 0.1) is 13.8 Å². The van der Waals surface area contributed by atoms with E-state index in [1.54, 1.807) is 7.11 Å². The summed E-state index contributed by atoms with van der Waals surface area (Å²) in [5, 5.41) is 11.8. The standard InChI is InChI=1S/C13H19NO3/c1-9-7-10(2)13(17-3)11(8-9)14-6-4-5-12(15)16/h7-8,14H,4-6H2,1-3H3,(H,15,16). The maximum atomic E-state index is 10.4. The number of carbonyl (C=O) groups is 1. The molecule has 17 heavy (non-hydrogen) atoms. The summed E-state index contributed by atoms with van der Waals surface area (Å²) in [5.41, 5.74) is 3.16. The summed E-state index contributed by atoms with van der Waals surface area (Å²) in [5.74, 6) is 0.0603. The second-order valence-corrected chi connectivity index (χ2v) is 4.09. The Bertz CT molecular complexity index is 402. The van der Waals surface area contributed by atoms with E-state index in [4.69, 9.17) is 9.84 Å². The first-order valence-electron chi connectivity index (χ1n) is 5.65. The van der Waals surface area contributed by atoms with Gasteiger partial charge in [0.05, 0.1) is 12.8 Å². The number of benzene rings is 1. The molecule has 0 aromatic heterocycles. The fraction of sp³-hybridized carbons (Fsp3) is 0.462. The number of nitrogens with one attached hydrogen (secondary N) is 1. The molecule has 1 aromatic carbocycles. The predicted octanol–water partition coefficient (Wildman–Crippen LogP) is 2.59. The van der Waals surface area contributed by atoms with Crippen LogP contribution in [0.4, 0.5) is 5.69 Å². The van der Waals surface area contributed by atoms with Gasteiger partial charge < -0.3 is 15.2 Å². The van der Waals surface area contributed by atoms with Crippen molar-refractivity contribution in [3.05, 3.63) is 23.3 Å². The van der Waals surface area contributed by atoms with Crippen molar-refractivity contribution in [3.63, 3.8) is 0 Å². The molecule has 4 heteroatoms. The van der Waals surface area contributed by atoms with Gasteiger partial charge in [0.1, 0.15) is 5.75 Å². The maximum Gasteiger partial charge on any atom is 0.303 e. The maximum absolute atomic E-state index is 10.4. The van der Waals surface area contributed by atoms with Crippen molar-refractivity contribution in [2.75, 3.05) is 19.0 Å². The van der Waals surface area contributed by atoms with Gasteiger partial charge in [0, 0.05) is 13.0 Å². The van der Waals surface area contributed by atoms with Gasteiger partial charge in [-0.3, -0.25) is 4.79 Å². The van der Waals surface area contributed by atoms with Crippen molar-refractivity contribution in [3.8, 4) is 5.75 Å². The van der Waals surface area contributed by atoms with Crippen molar-refractivity contribution in [1.82, 2.24) is 0 Å². The molecule has 0 saturated heterocycles. The average Bonchev–Trinajstić information content (AvgIpc) is 2.23. The Hall–Kier alpha value is -1.71. The SMILES string of the molecule is COc1c(C)cc(C)cc1NCCCC(=O)O. The Labute approximate surface area is 102 Å². The van der Waals surface area contributed by atoms with Crippen LogP contribution in [-0.4, -0.2) is 24.7 Å². The third-order valence-electron chi connectivity index (χ3n) is 2.51. The third-order valence-corrected chi connectivity index (χ3v) is 2.51. The molecule has 1 rings (SSSR count). The lowest BCUT2D eigenvalue weighted by atomic mass is 10.1. The summed E-state index contributed by atoms with van der Waals surface area (Å²) in [6, 6.07) is 4.06. The molecular formula is C13H19NO3. The van der Waals surface area contributed by atoms with Crippen LogP contribution in [0.15, 0.2) is 12.1 Å². The number of carboxylic acid groups (broad SMARTS) is 1. The number of rotatable bonds is 6. The summed E-state index contributed by atoms with van der Waals surface area (Å²) in [7, 11) is 1.64. The first-order chi connectivity index (χ1) is 8.04. The number of aliphatic carboxylic acids is 1. The Morgan fingerprint density at radius 1 is 1.41 bits per heavy atom. The Morgan fingerprint density at radius 3 is 2.71 bits per heavy atom. The number of hydrogen-bond donors (Lipinski definition) is 2. The van der Waals surface area contributed by atoms with Crippen LogP contribution >= 0.6 is 0 Å². The summed E-state index contributed by atoms with van der Waals surface area (Å²) in [4.78, 5) is 10.4. The number of hydrogen-bond acceptors (Lipinski definition) is 3. The number of methoxy groups -OCH3 is 1. The zero-order valence-electron chi connectivity index (χ0n) is 10.5. The lowest BCUT2D eigenvalue weighted by molar-refractivity contribution is -0.137. The lowest BCUT2D eigenvalue weighted by Crippen LogP contribution is -2.06. The summed E-state index contributed by atoms with van der Waals surface area (Å²) < 4.78 is 5.33. The Kier molecular flexibility index (Phi) is 4.82. The summed E-state index contributed by atoms with van der Waals surface area (Å²) in [6.45, 7) is 4.65. The van der Waals surface area contributed by atoms with E-state index in [-0.39, 0.29) is 6.42 Å². The van der Waals surface area contributed by atoms with E-state index in [2.05, 4.69) is 11.4 Å². The molecule has 0 aliphatic heterocycles.